The van der Waals surface area contributed by atoms with Gasteiger partial charge in [0.15, 0.2) is 0 Å². The van der Waals surface area contributed by atoms with Crippen LogP contribution in [0.25, 0.3) is 0 Å². The zero-order valence-electron chi connectivity index (χ0n) is 7.50. The van der Waals surface area contributed by atoms with Gasteiger partial charge in [-0.1, -0.05) is 5.56 Å². The van der Waals surface area contributed by atoms with Gasteiger partial charge in [-0.15, -0.1) is 0 Å². The van der Waals surface area contributed by atoms with Crippen LogP contribution >= 0.6 is 22.6 Å². The molecule has 0 aliphatic carbocycles. The van der Waals surface area contributed by atoms with Gasteiger partial charge in [0.05, 0.1) is 5.56 Å². The summed E-state index contributed by atoms with van der Waals surface area (Å²) in [5.74, 6) is 0. The highest BCUT2D eigenvalue weighted by Gasteiger charge is 2.34. The third-order valence-corrected chi connectivity index (χ3v) is 2.35. The second kappa shape index (κ2) is 3.88. The lowest BCUT2D eigenvalue weighted by atomic mass is 10.1. The molecule has 0 atom stereocenters. The number of hydrogen-bond donors (Lipinski definition) is 0. The molecule has 0 aliphatic heterocycles. The Labute approximate surface area is 96.6 Å². The average molecular weight is 336 g/mol. The highest BCUT2D eigenvalue weighted by Crippen LogP contribution is 2.39. The molecule has 0 saturated heterocycles. The fourth-order valence-corrected chi connectivity index (χ4v) is 1.42. The smallest absolute Gasteiger partial charge is 0.189 e. The molecule has 0 nitrogen and oxygen atoms in total. The Morgan fingerprint density at radius 1 is 0.933 bits per heavy atom. The van der Waals surface area contributed by atoms with Crippen LogP contribution in [0.1, 0.15) is 16.7 Å². The molecular formula is C9H6F5I. The van der Waals surface area contributed by atoms with Gasteiger partial charge < -0.3 is 0 Å². The van der Waals surface area contributed by atoms with Crippen molar-refractivity contribution in [2.45, 2.75) is 17.0 Å². The van der Waals surface area contributed by atoms with E-state index in [-0.39, 0.29) is 5.56 Å². The fourth-order valence-electron chi connectivity index (χ4n) is 1.11. The zero-order chi connectivity index (χ0) is 11.9. The number of benzene rings is 1. The first-order chi connectivity index (χ1) is 6.60. The van der Waals surface area contributed by atoms with E-state index in [1.165, 1.54) is 6.92 Å². The molecule has 0 saturated carbocycles. The van der Waals surface area contributed by atoms with Crippen molar-refractivity contribution in [3.63, 3.8) is 0 Å². The molecule has 6 heteroatoms. The minimum absolute atomic E-state index is 0.163. The van der Waals surface area contributed by atoms with Gasteiger partial charge >= 0.3 is 10.1 Å². The second-order valence-electron chi connectivity index (χ2n) is 3.08. The number of alkyl halides is 6. The standard InChI is InChI=1S/C9H6F5I/c1-5-2-6(8(10,11)12)4-7(3-5)9(13,14)15/h2-4H,1H3. The summed E-state index contributed by atoms with van der Waals surface area (Å²) in [5, 5.41) is 0. The van der Waals surface area contributed by atoms with Crippen molar-refractivity contribution in [2.75, 3.05) is 0 Å². The molecule has 1 rings (SSSR count). The molecule has 0 heterocycles. The Bertz CT molecular complexity index is 331. The predicted molar refractivity (Wildman–Crippen MR) is 54.1 cm³/mol. The molecule has 0 radical (unpaired) electrons. The molecule has 0 fully saturated rings. The van der Waals surface area contributed by atoms with Crippen molar-refractivity contribution in [1.29, 1.82) is 0 Å². The summed E-state index contributed by atoms with van der Waals surface area (Å²) in [6.45, 7) is 1.35. The van der Waals surface area contributed by atoms with E-state index >= 15 is 0 Å². The normalized spacial score (nSPS) is 13.0. The van der Waals surface area contributed by atoms with Crippen LogP contribution in [0.2, 0.25) is 0 Å². The van der Waals surface area contributed by atoms with Gasteiger partial charge in [-0.05, 0) is 25.1 Å². The maximum Gasteiger partial charge on any atom is 0.416 e. The second-order valence-corrected chi connectivity index (χ2v) is 4.44. The summed E-state index contributed by atoms with van der Waals surface area (Å²) in [6.07, 6.45) is -4.59. The molecule has 0 aromatic heterocycles. The summed E-state index contributed by atoms with van der Waals surface area (Å²) in [6, 6.07) is 2.35. The summed E-state index contributed by atoms with van der Waals surface area (Å²) < 4.78 is 59.2. The van der Waals surface area contributed by atoms with Crippen LogP contribution < -0.4 is 0 Å². The van der Waals surface area contributed by atoms with Crippen molar-refractivity contribution in [3.8, 4) is 0 Å². The summed E-state index contributed by atoms with van der Waals surface area (Å²) in [5.41, 5.74) is -1.51. The van der Waals surface area contributed by atoms with Crippen LogP contribution in [0.5, 0.6) is 0 Å². The van der Waals surface area contributed by atoms with Gasteiger partial charge in [0.25, 0.3) is 0 Å². The molecule has 0 aliphatic rings. The Morgan fingerprint density at radius 2 is 1.40 bits per heavy atom. The van der Waals surface area contributed by atoms with Crippen molar-refractivity contribution >= 4 is 22.6 Å². The molecule has 1 aromatic carbocycles. The molecule has 0 N–H and O–H groups in total. The van der Waals surface area contributed by atoms with Gasteiger partial charge in [-0.2, -0.15) is 22.0 Å². The first kappa shape index (κ1) is 12.7. The monoisotopic (exact) mass is 336 g/mol. The van der Waals surface area contributed by atoms with Gasteiger partial charge in [0.1, 0.15) is 0 Å². The third-order valence-electron chi connectivity index (χ3n) is 1.73. The van der Waals surface area contributed by atoms with Crippen LogP contribution in [0, 0.1) is 6.92 Å². The molecular weight excluding hydrogens is 330 g/mol. The maximum atomic E-state index is 12.8. The highest BCUT2D eigenvalue weighted by molar-refractivity contribution is 14.1. The van der Waals surface area contributed by atoms with Crippen molar-refractivity contribution in [1.82, 2.24) is 0 Å². The molecule has 0 unspecified atom stereocenters. The molecule has 15 heavy (non-hydrogen) atoms. The van der Waals surface area contributed by atoms with Gasteiger partial charge in [-0.25, -0.2) is 0 Å². The number of aryl methyl sites for hydroxylation is 1. The molecule has 1 aromatic rings. The van der Waals surface area contributed by atoms with E-state index in [0.717, 1.165) is 34.7 Å². The highest BCUT2D eigenvalue weighted by atomic mass is 127. The first-order valence-electron chi connectivity index (χ1n) is 3.87. The van der Waals surface area contributed by atoms with Crippen LogP contribution in [-0.2, 0) is 10.1 Å². The first-order valence-corrected chi connectivity index (χ1v) is 4.94. The van der Waals surface area contributed by atoms with Crippen LogP contribution in [-0.4, -0.2) is 0 Å². The van der Waals surface area contributed by atoms with E-state index in [1.54, 1.807) is 0 Å². The Kier molecular flexibility index (Phi) is 3.27. The number of halogens is 6. The number of rotatable bonds is 1. The van der Waals surface area contributed by atoms with Gasteiger partial charge in [-0.3, -0.25) is 0 Å². The van der Waals surface area contributed by atoms with Crippen molar-refractivity contribution in [2.24, 2.45) is 0 Å². The topological polar surface area (TPSA) is 0 Å². The summed E-state index contributed by atoms with van der Waals surface area (Å²) in [4.78, 5) is 0. The lowest BCUT2D eigenvalue weighted by Crippen LogP contribution is -2.09. The molecule has 0 spiro atoms. The van der Waals surface area contributed by atoms with E-state index in [0.29, 0.717) is 6.07 Å². The average Bonchev–Trinajstić information content (AvgIpc) is 1.99. The Balaban J connectivity index is 3.30. The number of hydrogen-bond acceptors (Lipinski definition) is 0. The maximum absolute atomic E-state index is 12.8. The predicted octanol–water partition coefficient (Wildman–Crippen LogP) is 4.50. The minimum Gasteiger partial charge on any atom is -0.189 e. The van der Waals surface area contributed by atoms with E-state index in [1.807, 2.05) is 0 Å². The third kappa shape index (κ3) is 3.29. The Morgan fingerprint density at radius 3 is 1.80 bits per heavy atom. The van der Waals surface area contributed by atoms with Crippen molar-refractivity contribution < 1.29 is 22.0 Å². The lowest BCUT2D eigenvalue weighted by Gasteiger charge is -2.13. The van der Waals surface area contributed by atoms with E-state index in [9.17, 15) is 22.0 Å². The summed E-state index contributed by atoms with van der Waals surface area (Å²) >= 11 is 0.803. The Hall–Kier alpha value is -0.400. The quantitative estimate of drug-likeness (QED) is 0.403. The summed E-state index contributed by atoms with van der Waals surface area (Å²) in [7, 11) is 0. The molecule has 84 valence electrons. The molecule has 0 bridgehead atoms. The van der Waals surface area contributed by atoms with Gasteiger partial charge in [0.2, 0.25) is 0 Å². The van der Waals surface area contributed by atoms with E-state index in [4.69, 9.17) is 0 Å². The van der Waals surface area contributed by atoms with Gasteiger partial charge in [0, 0.05) is 28.2 Å². The minimum atomic E-state index is -4.59. The van der Waals surface area contributed by atoms with Crippen molar-refractivity contribution in [3.05, 3.63) is 34.9 Å². The van der Waals surface area contributed by atoms with Crippen LogP contribution in [0.15, 0.2) is 18.2 Å². The molecule has 0 amide bonds. The van der Waals surface area contributed by atoms with E-state index in [2.05, 4.69) is 0 Å². The largest absolute Gasteiger partial charge is 0.416 e. The van der Waals surface area contributed by atoms with E-state index < -0.39 is 21.2 Å². The zero-order valence-corrected chi connectivity index (χ0v) is 9.66. The fraction of sp³-hybridized carbons (Fsp3) is 0.333. The van der Waals surface area contributed by atoms with Crippen LogP contribution in [0.4, 0.5) is 22.0 Å². The SMILES string of the molecule is Cc1cc(C(F)(F)F)cc(C(F)(F)I)c1. The lowest BCUT2D eigenvalue weighted by molar-refractivity contribution is -0.137. The van der Waals surface area contributed by atoms with Crippen LogP contribution in [0.3, 0.4) is 0 Å².